The number of hydrogen-bond acceptors (Lipinski definition) is 5. The van der Waals surface area contributed by atoms with Crippen molar-refractivity contribution >= 4 is 23.1 Å². The molecule has 0 saturated carbocycles. The molecule has 0 bridgehead atoms. The molecule has 3 rings (SSSR count). The molecule has 0 fully saturated rings. The van der Waals surface area contributed by atoms with Gasteiger partial charge < -0.3 is 4.74 Å². The number of aromatic nitrogens is 4. The Morgan fingerprint density at radius 1 is 1.13 bits per heavy atom. The van der Waals surface area contributed by atoms with Crippen molar-refractivity contribution < 1.29 is 9.53 Å². The second-order valence-electron chi connectivity index (χ2n) is 5.94. The second kappa shape index (κ2) is 5.68. The molecule has 3 aromatic rings. The number of ether oxygens (including phenoxy) is 1. The fourth-order valence-corrected chi connectivity index (χ4v) is 2.11. The fraction of sp³-hybridized carbons (Fsp3) is 0.250. The van der Waals surface area contributed by atoms with Gasteiger partial charge in [0.05, 0.1) is 11.0 Å². The number of rotatable bonds is 2. The standard InChI is InChI=1S/C16H17N5O2/c1-16(2,3)23-15(22)20-14-19-11-7-4-5-8-12(11)21(14)13-17-9-6-10-18-13/h4-10H,1-3H3,(H,19,20,22). The Balaban J connectivity index is 2.05. The van der Waals surface area contributed by atoms with Gasteiger partial charge in [-0.1, -0.05) is 12.1 Å². The molecule has 0 aliphatic rings. The first-order valence-corrected chi connectivity index (χ1v) is 7.19. The maximum absolute atomic E-state index is 12.1. The molecule has 0 saturated heterocycles. The summed E-state index contributed by atoms with van der Waals surface area (Å²) >= 11 is 0. The van der Waals surface area contributed by atoms with Gasteiger partial charge in [-0.2, -0.15) is 0 Å². The molecule has 0 radical (unpaired) electrons. The summed E-state index contributed by atoms with van der Waals surface area (Å²) in [6.07, 6.45) is 2.69. The highest BCUT2D eigenvalue weighted by molar-refractivity contribution is 5.88. The summed E-state index contributed by atoms with van der Waals surface area (Å²) < 4.78 is 6.96. The largest absolute Gasteiger partial charge is 0.444 e. The minimum atomic E-state index is -0.593. The maximum Gasteiger partial charge on any atom is 0.414 e. The van der Waals surface area contributed by atoms with Crippen molar-refractivity contribution in [2.45, 2.75) is 26.4 Å². The molecular formula is C16H17N5O2. The van der Waals surface area contributed by atoms with Gasteiger partial charge in [0.25, 0.3) is 0 Å². The predicted octanol–water partition coefficient (Wildman–Crippen LogP) is 3.16. The first-order chi connectivity index (χ1) is 10.9. The third-order valence-electron chi connectivity index (χ3n) is 2.93. The molecule has 2 heterocycles. The Labute approximate surface area is 133 Å². The number of imidazole rings is 1. The summed E-state index contributed by atoms with van der Waals surface area (Å²) in [5, 5.41) is 2.67. The first kappa shape index (κ1) is 15.0. The lowest BCUT2D eigenvalue weighted by Gasteiger charge is -2.19. The molecule has 0 unspecified atom stereocenters. The van der Waals surface area contributed by atoms with E-state index in [1.54, 1.807) is 43.8 Å². The Hall–Kier alpha value is -2.96. The fourth-order valence-electron chi connectivity index (χ4n) is 2.11. The summed E-state index contributed by atoms with van der Waals surface area (Å²) in [5.74, 6) is 0.735. The molecular weight excluding hydrogens is 294 g/mol. The van der Waals surface area contributed by atoms with Gasteiger partial charge >= 0.3 is 6.09 Å². The molecule has 7 nitrogen and oxygen atoms in total. The lowest BCUT2D eigenvalue weighted by Crippen LogP contribution is -2.28. The van der Waals surface area contributed by atoms with Gasteiger partial charge in [-0.25, -0.2) is 24.3 Å². The van der Waals surface area contributed by atoms with E-state index >= 15 is 0 Å². The van der Waals surface area contributed by atoms with E-state index in [2.05, 4.69) is 20.3 Å². The van der Waals surface area contributed by atoms with Crippen LogP contribution in [-0.4, -0.2) is 31.2 Å². The van der Waals surface area contributed by atoms with E-state index in [9.17, 15) is 4.79 Å². The SMILES string of the molecule is CC(C)(C)OC(=O)Nc1nc2ccccc2n1-c1ncccn1. The minimum absolute atomic E-state index is 0.312. The van der Waals surface area contributed by atoms with Crippen molar-refractivity contribution in [2.24, 2.45) is 0 Å². The van der Waals surface area contributed by atoms with Gasteiger partial charge in [-0.3, -0.25) is 5.32 Å². The van der Waals surface area contributed by atoms with Crippen molar-refractivity contribution in [3.05, 3.63) is 42.7 Å². The summed E-state index contributed by atoms with van der Waals surface area (Å²) in [6.45, 7) is 5.40. The van der Waals surface area contributed by atoms with Crippen LogP contribution in [0.5, 0.6) is 0 Å². The highest BCUT2D eigenvalue weighted by Crippen LogP contribution is 2.23. The number of carbonyl (C=O) groups is 1. The molecule has 0 aliphatic carbocycles. The highest BCUT2D eigenvalue weighted by atomic mass is 16.6. The van der Waals surface area contributed by atoms with Gasteiger partial charge in [0.1, 0.15) is 5.60 Å². The van der Waals surface area contributed by atoms with Crippen LogP contribution in [0.2, 0.25) is 0 Å². The summed E-state index contributed by atoms with van der Waals surface area (Å²) in [5.41, 5.74) is 0.931. The van der Waals surface area contributed by atoms with Crippen molar-refractivity contribution in [2.75, 3.05) is 5.32 Å². The first-order valence-electron chi connectivity index (χ1n) is 7.19. The van der Waals surface area contributed by atoms with Crippen LogP contribution in [0.25, 0.3) is 17.0 Å². The molecule has 0 aliphatic heterocycles. The average Bonchev–Trinajstić information content (AvgIpc) is 2.83. The Morgan fingerprint density at radius 3 is 2.52 bits per heavy atom. The summed E-state index contributed by atoms with van der Waals surface area (Å²) in [4.78, 5) is 25.0. The lowest BCUT2D eigenvalue weighted by molar-refractivity contribution is 0.0634. The van der Waals surface area contributed by atoms with E-state index in [1.165, 1.54) is 0 Å². The van der Waals surface area contributed by atoms with Crippen LogP contribution in [0.4, 0.5) is 10.7 Å². The third-order valence-corrected chi connectivity index (χ3v) is 2.93. The minimum Gasteiger partial charge on any atom is -0.444 e. The van der Waals surface area contributed by atoms with Crippen LogP contribution in [0.15, 0.2) is 42.7 Å². The van der Waals surface area contributed by atoms with Crippen molar-refractivity contribution in [3.63, 3.8) is 0 Å². The summed E-state index contributed by atoms with van der Waals surface area (Å²) in [7, 11) is 0. The number of anilines is 1. The Morgan fingerprint density at radius 2 is 1.83 bits per heavy atom. The molecule has 1 aromatic carbocycles. The molecule has 118 valence electrons. The topological polar surface area (TPSA) is 81.9 Å². The van der Waals surface area contributed by atoms with E-state index in [0.717, 1.165) is 11.0 Å². The number of amides is 1. The van der Waals surface area contributed by atoms with E-state index in [0.29, 0.717) is 11.9 Å². The van der Waals surface area contributed by atoms with E-state index in [4.69, 9.17) is 4.74 Å². The van der Waals surface area contributed by atoms with Gasteiger partial charge in [0.15, 0.2) is 0 Å². The van der Waals surface area contributed by atoms with Crippen molar-refractivity contribution in [1.82, 2.24) is 19.5 Å². The quantitative estimate of drug-likeness (QED) is 0.786. The van der Waals surface area contributed by atoms with Crippen LogP contribution < -0.4 is 5.32 Å². The van der Waals surface area contributed by atoms with Gasteiger partial charge in [0, 0.05) is 12.4 Å². The van der Waals surface area contributed by atoms with E-state index in [1.807, 2.05) is 24.3 Å². The molecule has 0 atom stereocenters. The molecule has 0 spiro atoms. The smallest absolute Gasteiger partial charge is 0.414 e. The van der Waals surface area contributed by atoms with Gasteiger partial charge in [0.2, 0.25) is 11.9 Å². The second-order valence-corrected chi connectivity index (χ2v) is 5.94. The van der Waals surface area contributed by atoms with E-state index in [-0.39, 0.29) is 0 Å². The maximum atomic E-state index is 12.1. The normalized spacial score (nSPS) is 11.4. The Kier molecular flexibility index (Phi) is 3.69. The zero-order valence-corrected chi connectivity index (χ0v) is 13.1. The average molecular weight is 311 g/mol. The Bertz CT molecular complexity index is 837. The predicted molar refractivity (Wildman–Crippen MR) is 86.5 cm³/mol. The number of nitrogens with zero attached hydrogens (tertiary/aromatic N) is 4. The van der Waals surface area contributed by atoms with Crippen LogP contribution in [0.3, 0.4) is 0 Å². The molecule has 1 amide bonds. The summed E-state index contributed by atoms with van der Waals surface area (Å²) in [6, 6.07) is 9.24. The highest BCUT2D eigenvalue weighted by Gasteiger charge is 2.20. The molecule has 1 N–H and O–H groups in total. The number of benzene rings is 1. The van der Waals surface area contributed by atoms with Gasteiger partial charge in [-0.05, 0) is 39.0 Å². The lowest BCUT2D eigenvalue weighted by atomic mass is 10.2. The van der Waals surface area contributed by atoms with Crippen LogP contribution in [0, 0.1) is 0 Å². The number of para-hydroxylation sites is 2. The van der Waals surface area contributed by atoms with Gasteiger partial charge in [-0.15, -0.1) is 0 Å². The number of hydrogen-bond donors (Lipinski definition) is 1. The zero-order valence-electron chi connectivity index (χ0n) is 13.1. The van der Waals surface area contributed by atoms with Crippen molar-refractivity contribution in [1.29, 1.82) is 0 Å². The monoisotopic (exact) mass is 311 g/mol. The van der Waals surface area contributed by atoms with Crippen LogP contribution in [-0.2, 0) is 4.74 Å². The van der Waals surface area contributed by atoms with Crippen molar-refractivity contribution in [3.8, 4) is 5.95 Å². The third kappa shape index (κ3) is 3.28. The molecule has 7 heteroatoms. The molecule has 2 aromatic heterocycles. The number of fused-ring (bicyclic) bond motifs is 1. The van der Waals surface area contributed by atoms with E-state index < -0.39 is 11.7 Å². The number of carbonyl (C=O) groups excluding carboxylic acids is 1. The van der Waals surface area contributed by atoms with Crippen LogP contribution in [0.1, 0.15) is 20.8 Å². The zero-order chi connectivity index (χ0) is 16.4. The number of nitrogens with one attached hydrogen (secondary N) is 1. The van der Waals surface area contributed by atoms with Crippen LogP contribution >= 0.6 is 0 Å². The molecule has 23 heavy (non-hydrogen) atoms.